The summed E-state index contributed by atoms with van der Waals surface area (Å²) in [4.78, 5) is 24.5. The number of carbonyl (C=O) groups is 2. The number of aromatic carboxylic acids is 1. The maximum Gasteiger partial charge on any atom is 0.335 e. The van der Waals surface area contributed by atoms with Gasteiger partial charge < -0.3 is 10.2 Å². The zero-order valence-electron chi connectivity index (χ0n) is 20.1. The van der Waals surface area contributed by atoms with Crippen LogP contribution in [0.1, 0.15) is 46.8 Å². The number of carbonyl (C=O) groups excluding carboxylic acids is 1. The van der Waals surface area contributed by atoms with Crippen LogP contribution in [0.2, 0.25) is 0 Å². The Morgan fingerprint density at radius 2 is 1.81 bits per heavy atom. The molecule has 0 bridgehead atoms. The number of nitrogens with one attached hydrogen (secondary N) is 1. The second-order valence-electron chi connectivity index (χ2n) is 9.13. The number of aryl methyl sites for hydroxylation is 3. The smallest absolute Gasteiger partial charge is 0.335 e. The lowest BCUT2D eigenvalue weighted by Crippen LogP contribution is -2.28. The first-order valence-electron chi connectivity index (χ1n) is 11.8. The number of carboxylic acid groups (broad SMARTS) is 1. The normalized spacial score (nSPS) is 16.2. The number of hydrogen-bond acceptors (Lipinski definition) is 6. The highest BCUT2D eigenvalue weighted by Crippen LogP contribution is 2.37. The molecule has 5 rings (SSSR count). The van der Waals surface area contributed by atoms with Crippen LogP contribution < -0.4 is 10.4 Å². The summed E-state index contributed by atoms with van der Waals surface area (Å²) in [7, 11) is 0. The van der Waals surface area contributed by atoms with Gasteiger partial charge in [0.25, 0.3) is 0 Å². The third-order valence-electron chi connectivity index (χ3n) is 6.53. The van der Waals surface area contributed by atoms with E-state index in [1.54, 1.807) is 31.2 Å². The highest BCUT2D eigenvalue weighted by atomic mass is 16.4. The summed E-state index contributed by atoms with van der Waals surface area (Å²) < 4.78 is 0. The molecular weight excluding hydrogens is 456 g/mol. The third-order valence-corrected chi connectivity index (χ3v) is 6.53. The van der Waals surface area contributed by atoms with Crippen LogP contribution in [0.5, 0.6) is 5.75 Å². The summed E-state index contributed by atoms with van der Waals surface area (Å²) in [5, 5.41) is 30.3. The van der Waals surface area contributed by atoms with E-state index < -0.39 is 5.97 Å². The SMILES string of the molecule is CC1=NN(c2ccc3c(c2)CCCC3)C(=O)C1=NNc1cc(C)cc(-c2cccc(C(=O)O)c2)c1O. The van der Waals surface area contributed by atoms with Crippen LogP contribution in [0.3, 0.4) is 0 Å². The molecule has 1 amide bonds. The Hall–Kier alpha value is -4.46. The zero-order chi connectivity index (χ0) is 25.4. The second-order valence-corrected chi connectivity index (χ2v) is 9.13. The van der Waals surface area contributed by atoms with Crippen LogP contribution in [0.15, 0.2) is 64.8 Å². The Bertz CT molecular complexity index is 1460. The number of hydrazone groups is 2. The van der Waals surface area contributed by atoms with E-state index >= 15 is 0 Å². The Labute approximate surface area is 208 Å². The van der Waals surface area contributed by atoms with Crippen molar-refractivity contribution in [3.05, 3.63) is 76.9 Å². The van der Waals surface area contributed by atoms with E-state index in [4.69, 9.17) is 0 Å². The minimum absolute atomic E-state index is 0.0981. The summed E-state index contributed by atoms with van der Waals surface area (Å²) in [6.07, 6.45) is 4.39. The molecule has 0 unspecified atom stereocenters. The molecule has 0 saturated carbocycles. The summed E-state index contributed by atoms with van der Waals surface area (Å²) in [5.74, 6) is -1.50. The quantitative estimate of drug-likeness (QED) is 0.344. The Kier molecular flexibility index (Phi) is 6.01. The molecule has 0 aromatic heterocycles. The lowest BCUT2D eigenvalue weighted by atomic mass is 9.91. The molecule has 1 aliphatic heterocycles. The van der Waals surface area contributed by atoms with Crippen LogP contribution >= 0.6 is 0 Å². The highest BCUT2D eigenvalue weighted by molar-refractivity contribution is 6.71. The molecule has 8 heteroatoms. The summed E-state index contributed by atoms with van der Waals surface area (Å²) in [6.45, 7) is 3.57. The standard InChI is InChI=1S/C28H26N4O4/c1-16-12-23(20-8-5-9-21(14-20)28(35)36)26(33)24(13-16)29-30-25-17(2)31-32(27(25)34)22-11-10-18-6-3-4-7-19(18)15-22/h5,8-15,29,33H,3-4,6-7H2,1-2H3,(H,35,36). The van der Waals surface area contributed by atoms with Gasteiger partial charge in [0.05, 0.1) is 22.6 Å². The minimum atomic E-state index is -1.05. The van der Waals surface area contributed by atoms with Gasteiger partial charge in [-0.25, -0.2) is 4.79 Å². The summed E-state index contributed by atoms with van der Waals surface area (Å²) in [6, 6.07) is 15.8. The van der Waals surface area contributed by atoms with Crippen molar-refractivity contribution in [3.8, 4) is 16.9 Å². The van der Waals surface area contributed by atoms with E-state index in [0.717, 1.165) is 24.8 Å². The Morgan fingerprint density at radius 1 is 1.03 bits per heavy atom. The number of hydrogen-bond donors (Lipinski definition) is 3. The summed E-state index contributed by atoms with van der Waals surface area (Å²) in [5.41, 5.74) is 8.99. The average Bonchev–Trinajstić information content (AvgIpc) is 3.17. The van der Waals surface area contributed by atoms with Crippen LogP contribution in [0.4, 0.5) is 11.4 Å². The number of anilines is 2. The molecule has 182 valence electrons. The molecule has 36 heavy (non-hydrogen) atoms. The lowest BCUT2D eigenvalue weighted by Gasteiger charge is -2.19. The Morgan fingerprint density at radius 3 is 2.58 bits per heavy atom. The number of benzene rings is 3. The number of rotatable bonds is 5. The van der Waals surface area contributed by atoms with Crippen molar-refractivity contribution in [3.63, 3.8) is 0 Å². The van der Waals surface area contributed by atoms with Gasteiger partial charge in [-0.3, -0.25) is 10.2 Å². The highest BCUT2D eigenvalue weighted by Gasteiger charge is 2.31. The lowest BCUT2D eigenvalue weighted by molar-refractivity contribution is -0.112. The van der Waals surface area contributed by atoms with Crippen molar-refractivity contribution < 1.29 is 19.8 Å². The van der Waals surface area contributed by atoms with Gasteiger partial charge in [0.15, 0.2) is 5.71 Å². The van der Waals surface area contributed by atoms with Crippen LogP contribution in [-0.2, 0) is 17.6 Å². The fourth-order valence-electron chi connectivity index (χ4n) is 4.67. The van der Waals surface area contributed by atoms with Crippen molar-refractivity contribution in [2.45, 2.75) is 39.5 Å². The van der Waals surface area contributed by atoms with E-state index in [1.165, 1.54) is 34.7 Å². The first-order valence-corrected chi connectivity index (χ1v) is 11.8. The van der Waals surface area contributed by atoms with E-state index in [-0.39, 0.29) is 22.9 Å². The molecule has 0 saturated heterocycles. The number of phenolic OH excluding ortho intramolecular Hbond substituents is 1. The molecule has 1 heterocycles. The maximum atomic E-state index is 13.2. The van der Waals surface area contributed by atoms with E-state index in [2.05, 4.69) is 21.7 Å². The molecule has 1 aliphatic carbocycles. The first-order chi connectivity index (χ1) is 17.3. The van der Waals surface area contributed by atoms with Crippen molar-refractivity contribution in [1.82, 2.24) is 0 Å². The van der Waals surface area contributed by atoms with Gasteiger partial charge >= 0.3 is 11.9 Å². The van der Waals surface area contributed by atoms with Gasteiger partial charge in [0, 0.05) is 5.56 Å². The van der Waals surface area contributed by atoms with Gasteiger partial charge in [-0.15, -0.1) is 0 Å². The number of carboxylic acids is 1. The van der Waals surface area contributed by atoms with E-state index in [9.17, 15) is 19.8 Å². The maximum absolute atomic E-state index is 13.2. The van der Waals surface area contributed by atoms with Crippen molar-refractivity contribution in [2.75, 3.05) is 10.4 Å². The molecule has 3 aromatic carbocycles. The van der Waals surface area contributed by atoms with Gasteiger partial charge in [-0.05, 0) is 98.2 Å². The molecule has 0 fully saturated rings. The van der Waals surface area contributed by atoms with Crippen LogP contribution in [-0.4, -0.2) is 33.5 Å². The van der Waals surface area contributed by atoms with Crippen molar-refractivity contribution in [2.24, 2.45) is 10.2 Å². The number of fused-ring (bicyclic) bond motifs is 1. The molecule has 2 aliphatic rings. The third kappa shape index (κ3) is 4.33. The minimum Gasteiger partial charge on any atom is -0.505 e. The van der Waals surface area contributed by atoms with Crippen LogP contribution in [0.25, 0.3) is 11.1 Å². The van der Waals surface area contributed by atoms with Gasteiger partial charge in [0.2, 0.25) is 0 Å². The van der Waals surface area contributed by atoms with Crippen LogP contribution in [0, 0.1) is 6.92 Å². The largest absolute Gasteiger partial charge is 0.505 e. The second kappa shape index (κ2) is 9.30. The predicted octanol–water partition coefficient (Wildman–Crippen LogP) is 5.14. The van der Waals surface area contributed by atoms with Gasteiger partial charge in [-0.2, -0.15) is 15.2 Å². The summed E-state index contributed by atoms with van der Waals surface area (Å²) >= 11 is 0. The molecule has 0 spiro atoms. The number of phenols is 1. The fraction of sp³-hybridized carbons (Fsp3) is 0.214. The fourth-order valence-corrected chi connectivity index (χ4v) is 4.67. The van der Waals surface area contributed by atoms with Crippen molar-refractivity contribution in [1.29, 1.82) is 0 Å². The van der Waals surface area contributed by atoms with Crippen molar-refractivity contribution >= 4 is 34.7 Å². The predicted molar refractivity (Wildman–Crippen MR) is 140 cm³/mol. The average molecular weight is 483 g/mol. The van der Waals surface area contributed by atoms with Gasteiger partial charge in [0.1, 0.15) is 5.75 Å². The van der Waals surface area contributed by atoms with E-state index in [1.807, 2.05) is 19.1 Å². The molecule has 8 nitrogen and oxygen atoms in total. The topological polar surface area (TPSA) is 115 Å². The molecule has 0 radical (unpaired) electrons. The van der Waals surface area contributed by atoms with Gasteiger partial charge in [-0.1, -0.05) is 18.2 Å². The molecular formula is C28H26N4O4. The monoisotopic (exact) mass is 482 g/mol. The molecule has 3 N–H and O–H groups in total. The number of amides is 1. The Balaban J connectivity index is 1.42. The molecule has 0 atom stereocenters. The van der Waals surface area contributed by atoms with E-state index in [0.29, 0.717) is 28.2 Å². The number of nitrogens with zero attached hydrogens (tertiary/aromatic N) is 3. The zero-order valence-corrected chi connectivity index (χ0v) is 20.1. The number of aromatic hydroxyl groups is 1. The first kappa shape index (κ1) is 23.3. The molecule has 3 aromatic rings.